The number of amides is 1. The molecule has 1 amide bonds. The van der Waals surface area contributed by atoms with Crippen LogP contribution in [0.5, 0.6) is 0 Å². The molecule has 0 aromatic heterocycles. The molecule has 0 bridgehead atoms. The number of nitrogens with one attached hydrogen (secondary N) is 1. The van der Waals surface area contributed by atoms with E-state index in [1.54, 1.807) is 35.7 Å². The summed E-state index contributed by atoms with van der Waals surface area (Å²) >= 11 is 3.36. The van der Waals surface area contributed by atoms with Crippen molar-refractivity contribution >= 4 is 51.2 Å². The van der Waals surface area contributed by atoms with Crippen LogP contribution in [0.25, 0.3) is 0 Å². The van der Waals surface area contributed by atoms with Crippen LogP contribution < -0.4 is 10.2 Å². The van der Waals surface area contributed by atoms with Gasteiger partial charge in [-0.3, -0.25) is 9.79 Å². The van der Waals surface area contributed by atoms with Crippen LogP contribution in [0.15, 0.2) is 53.5 Å². The maximum atomic E-state index is 12.6. The minimum absolute atomic E-state index is 0.333. The van der Waals surface area contributed by atoms with Crippen LogP contribution in [-0.2, 0) is 15.3 Å². The van der Waals surface area contributed by atoms with Gasteiger partial charge in [0.15, 0.2) is 6.61 Å². The largest absolute Gasteiger partial charge is 0.452 e. The lowest BCUT2D eigenvalue weighted by molar-refractivity contribution is -0.119. The van der Waals surface area contributed by atoms with Gasteiger partial charge in [0.2, 0.25) is 0 Å². The fourth-order valence-electron chi connectivity index (χ4n) is 3.14. The number of benzene rings is 2. The monoisotopic (exact) mass is 457 g/mol. The van der Waals surface area contributed by atoms with Crippen molar-refractivity contribution in [3.8, 4) is 0 Å². The predicted octanol–water partition coefficient (Wildman–Crippen LogP) is 4.66. The Morgan fingerprint density at radius 1 is 1.13 bits per heavy atom. The van der Waals surface area contributed by atoms with Crippen molar-refractivity contribution in [2.45, 2.75) is 19.6 Å². The zero-order valence-corrected chi connectivity index (χ0v) is 19.4. The average molecular weight is 458 g/mol. The summed E-state index contributed by atoms with van der Waals surface area (Å²) < 4.78 is 6.32. The Morgan fingerprint density at radius 3 is 2.55 bits per heavy atom. The molecule has 0 saturated heterocycles. The van der Waals surface area contributed by atoms with Gasteiger partial charge < -0.3 is 15.0 Å². The number of nitrogens with zero attached hydrogens (tertiary/aromatic N) is 2. The topological polar surface area (TPSA) is 71.0 Å². The number of esters is 1. The molecule has 31 heavy (non-hydrogen) atoms. The van der Waals surface area contributed by atoms with Crippen molar-refractivity contribution in [3.05, 3.63) is 59.7 Å². The fraction of sp³-hybridized carbons (Fsp3) is 0.348. The van der Waals surface area contributed by atoms with Crippen LogP contribution >= 0.6 is 23.5 Å². The molecule has 3 rings (SSSR count). The Bertz CT molecular complexity index is 928. The highest BCUT2D eigenvalue weighted by atomic mass is 32.2. The highest BCUT2D eigenvalue weighted by Crippen LogP contribution is 2.26. The molecule has 0 radical (unpaired) electrons. The predicted molar refractivity (Wildman–Crippen MR) is 131 cm³/mol. The molecule has 2 aromatic carbocycles. The van der Waals surface area contributed by atoms with Crippen molar-refractivity contribution in [2.75, 3.05) is 42.2 Å². The standard InChI is InChI=1S/C23H27N3O3S2/c1-3-26(4-2)19-11-9-18(10-12-19)25-21(27)15-29-22(28)20-8-6-5-7-17(20)16-31-23-24-13-14-30-23/h5-12H,3-4,13-16H2,1-2H3,(H,25,27). The molecule has 0 saturated carbocycles. The van der Waals surface area contributed by atoms with Crippen LogP contribution in [0.2, 0.25) is 0 Å². The van der Waals surface area contributed by atoms with E-state index >= 15 is 0 Å². The lowest BCUT2D eigenvalue weighted by Crippen LogP contribution is -2.22. The zero-order chi connectivity index (χ0) is 22.1. The summed E-state index contributed by atoms with van der Waals surface area (Å²) in [6, 6.07) is 15.0. The molecule has 6 nitrogen and oxygen atoms in total. The van der Waals surface area contributed by atoms with Gasteiger partial charge in [-0.2, -0.15) is 0 Å². The summed E-state index contributed by atoms with van der Waals surface area (Å²) in [5.74, 6) is 0.790. The molecule has 1 aliphatic rings. The molecule has 2 aromatic rings. The lowest BCUT2D eigenvalue weighted by Gasteiger charge is -2.21. The normalized spacial score (nSPS) is 12.9. The summed E-state index contributed by atoms with van der Waals surface area (Å²) in [7, 11) is 0. The van der Waals surface area contributed by atoms with Gasteiger partial charge in [0, 0.05) is 36.0 Å². The molecule has 0 atom stereocenters. The minimum Gasteiger partial charge on any atom is -0.452 e. The van der Waals surface area contributed by atoms with Gasteiger partial charge in [0.05, 0.1) is 12.1 Å². The van der Waals surface area contributed by atoms with Crippen LogP contribution in [-0.4, -0.2) is 48.2 Å². The maximum Gasteiger partial charge on any atom is 0.338 e. The Morgan fingerprint density at radius 2 is 1.87 bits per heavy atom. The summed E-state index contributed by atoms with van der Waals surface area (Å²) in [4.78, 5) is 31.4. The molecule has 0 spiro atoms. The number of anilines is 2. The third kappa shape index (κ3) is 6.77. The Kier molecular flexibility index (Phi) is 8.85. The minimum atomic E-state index is -0.496. The number of ether oxygens (including phenoxy) is 1. The van der Waals surface area contributed by atoms with Gasteiger partial charge in [0.25, 0.3) is 5.91 Å². The lowest BCUT2D eigenvalue weighted by atomic mass is 10.1. The number of rotatable bonds is 9. The van der Waals surface area contributed by atoms with Crippen molar-refractivity contribution in [1.29, 1.82) is 0 Å². The summed E-state index contributed by atoms with van der Waals surface area (Å²) in [5.41, 5.74) is 3.13. The van der Waals surface area contributed by atoms with E-state index in [9.17, 15) is 9.59 Å². The maximum absolute atomic E-state index is 12.6. The van der Waals surface area contributed by atoms with Crippen molar-refractivity contribution < 1.29 is 14.3 Å². The van der Waals surface area contributed by atoms with E-state index in [4.69, 9.17) is 4.74 Å². The van der Waals surface area contributed by atoms with E-state index in [2.05, 4.69) is 29.1 Å². The SMILES string of the molecule is CCN(CC)c1ccc(NC(=O)COC(=O)c2ccccc2CSC2=NCCS2)cc1. The van der Waals surface area contributed by atoms with E-state index in [-0.39, 0.29) is 12.5 Å². The third-order valence-electron chi connectivity index (χ3n) is 4.76. The van der Waals surface area contributed by atoms with Gasteiger partial charge in [0.1, 0.15) is 4.38 Å². The molecule has 0 unspecified atom stereocenters. The second kappa shape index (κ2) is 11.8. The van der Waals surface area contributed by atoms with Crippen LogP contribution in [0.1, 0.15) is 29.8 Å². The van der Waals surface area contributed by atoms with Crippen molar-refractivity contribution in [3.63, 3.8) is 0 Å². The summed E-state index contributed by atoms with van der Waals surface area (Å²) in [6.45, 7) is 6.57. The molecule has 0 aliphatic carbocycles. The van der Waals surface area contributed by atoms with E-state index in [0.29, 0.717) is 17.0 Å². The molecule has 1 heterocycles. The number of carbonyl (C=O) groups excluding carboxylic acids is 2. The molecule has 1 N–H and O–H groups in total. The van der Waals surface area contributed by atoms with Gasteiger partial charge in [-0.1, -0.05) is 41.7 Å². The number of thioether (sulfide) groups is 2. The number of hydrogen-bond acceptors (Lipinski definition) is 7. The van der Waals surface area contributed by atoms with Gasteiger partial charge in [-0.15, -0.1) is 0 Å². The van der Waals surface area contributed by atoms with Gasteiger partial charge >= 0.3 is 5.97 Å². The highest BCUT2D eigenvalue weighted by Gasteiger charge is 2.16. The molecular formula is C23H27N3O3S2. The van der Waals surface area contributed by atoms with E-state index in [0.717, 1.165) is 41.0 Å². The van der Waals surface area contributed by atoms with Crippen molar-refractivity contribution in [1.82, 2.24) is 0 Å². The smallest absolute Gasteiger partial charge is 0.338 e. The van der Waals surface area contributed by atoms with E-state index in [1.165, 1.54) is 0 Å². The zero-order valence-electron chi connectivity index (χ0n) is 17.8. The number of hydrogen-bond donors (Lipinski definition) is 1. The Labute approximate surface area is 191 Å². The third-order valence-corrected chi connectivity index (χ3v) is 7.06. The van der Waals surface area contributed by atoms with E-state index in [1.807, 2.05) is 36.4 Å². The van der Waals surface area contributed by atoms with Crippen LogP contribution in [0.3, 0.4) is 0 Å². The quantitative estimate of drug-likeness (QED) is 0.552. The van der Waals surface area contributed by atoms with Gasteiger partial charge in [-0.25, -0.2) is 4.79 Å². The molecule has 1 aliphatic heterocycles. The first-order valence-corrected chi connectivity index (χ1v) is 12.3. The summed E-state index contributed by atoms with van der Waals surface area (Å²) in [6.07, 6.45) is 0. The first-order valence-electron chi connectivity index (χ1n) is 10.3. The first-order chi connectivity index (χ1) is 15.1. The van der Waals surface area contributed by atoms with Crippen LogP contribution in [0, 0.1) is 0 Å². The molecule has 8 heteroatoms. The molecule has 164 valence electrons. The average Bonchev–Trinajstić information content (AvgIpc) is 3.32. The van der Waals surface area contributed by atoms with E-state index < -0.39 is 5.97 Å². The second-order valence-electron chi connectivity index (χ2n) is 6.79. The summed E-state index contributed by atoms with van der Waals surface area (Å²) in [5, 5.41) is 2.77. The Hall–Kier alpha value is -2.45. The first kappa shape index (κ1) is 23.2. The Balaban J connectivity index is 1.51. The molecular weight excluding hydrogens is 430 g/mol. The number of aliphatic imine (C=N–C) groups is 1. The number of carbonyl (C=O) groups is 2. The van der Waals surface area contributed by atoms with Gasteiger partial charge in [-0.05, 0) is 49.7 Å². The van der Waals surface area contributed by atoms with Crippen LogP contribution in [0.4, 0.5) is 11.4 Å². The second-order valence-corrected chi connectivity index (χ2v) is 9.09. The molecule has 0 fully saturated rings. The highest BCUT2D eigenvalue weighted by molar-refractivity contribution is 8.38. The van der Waals surface area contributed by atoms with Crippen molar-refractivity contribution in [2.24, 2.45) is 4.99 Å². The fourth-order valence-corrected chi connectivity index (χ4v) is 5.15.